The van der Waals surface area contributed by atoms with E-state index in [2.05, 4.69) is 22.0 Å². The van der Waals surface area contributed by atoms with Gasteiger partial charge in [0.25, 0.3) is 0 Å². The number of hydrogen-bond donors (Lipinski definition) is 1. The van der Waals surface area contributed by atoms with Crippen molar-refractivity contribution in [2.24, 2.45) is 10.9 Å². The van der Waals surface area contributed by atoms with E-state index >= 15 is 0 Å². The summed E-state index contributed by atoms with van der Waals surface area (Å²) in [6.45, 7) is 8.66. The molecule has 3 heterocycles. The highest BCUT2D eigenvalue weighted by atomic mass is 32.1. The first-order valence-electron chi connectivity index (χ1n) is 8.70. The summed E-state index contributed by atoms with van der Waals surface area (Å²) in [5.74, 6) is -1.21. The van der Waals surface area contributed by atoms with Crippen LogP contribution in [0.15, 0.2) is 22.5 Å². The van der Waals surface area contributed by atoms with Crippen molar-refractivity contribution in [3.8, 4) is 0 Å². The van der Waals surface area contributed by atoms with Crippen molar-refractivity contribution in [1.82, 2.24) is 15.1 Å². The molecule has 0 aromatic carbocycles. The number of carbonyl (C=O) groups excluding carboxylic acids is 2. The molecular formula is C17H24N4O3S. The van der Waals surface area contributed by atoms with Crippen LogP contribution in [0.5, 0.6) is 0 Å². The van der Waals surface area contributed by atoms with Crippen LogP contribution in [0.25, 0.3) is 0 Å². The fraction of sp³-hybridized carbons (Fsp3) is 0.588. The Bertz CT molecular complexity index is 638. The minimum Gasteiger partial charge on any atom is -0.465 e. The van der Waals surface area contributed by atoms with Gasteiger partial charge in [-0.25, -0.2) is 4.99 Å². The van der Waals surface area contributed by atoms with Crippen LogP contribution in [0.2, 0.25) is 0 Å². The first-order valence-corrected chi connectivity index (χ1v) is 9.58. The summed E-state index contributed by atoms with van der Waals surface area (Å²) in [6, 6.07) is 3.30. The van der Waals surface area contributed by atoms with E-state index < -0.39 is 17.9 Å². The highest BCUT2D eigenvalue weighted by molar-refractivity contribution is 7.10. The molecule has 0 bridgehead atoms. The summed E-state index contributed by atoms with van der Waals surface area (Å²) in [7, 11) is 0. The van der Waals surface area contributed by atoms with E-state index in [-0.39, 0.29) is 12.5 Å². The molecule has 0 radical (unpaired) electrons. The van der Waals surface area contributed by atoms with Gasteiger partial charge in [-0.05, 0) is 24.9 Å². The van der Waals surface area contributed by atoms with E-state index in [1.54, 1.807) is 6.92 Å². The minimum atomic E-state index is -0.931. The molecule has 1 amide bonds. The van der Waals surface area contributed by atoms with Crippen molar-refractivity contribution in [1.29, 1.82) is 0 Å². The van der Waals surface area contributed by atoms with Gasteiger partial charge < -0.3 is 14.5 Å². The highest BCUT2D eigenvalue weighted by Crippen LogP contribution is 2.33. The molecule has 1 saturated heterocycles. The van der Waals surface area contributed by atoms with Crippen molar-refractivity contribution in [3.05, 3.63) is 22.4 Å². The maximum Gasteiger partial charge on any atom is 0.321 e. The summed E-state index contributed by atoms with van der Waals surface area (Å²) >= 11 is 1.50. The zero-order valence-electron chi connectivity index (χ0n) is 14.6. The SMILES string of the molecule is CCOC(=O)C1C(=O)NC(N2CCN(CC)CC2)=NC1c1cccs1. The second-order valence-electron chi connectivity index (χ2n) is 6.05. The van der Waals surface area contributed by atoms with Crippen LogP contribution in [-0.2, 0) is 14.3 Å². The van der Waals surface area contributed by atoms with Crippen molar-refractivity contribution >= 4 is 29.2 Å². The molecule has 1 aromatic heterocycles. The number of nitrogens with zero attached hydrogens (tertiary/aromatic N) is 3. The molecule has 2 aliphatic heterocycles. The van der Waals surface area contributed by atoms with Crippen LogP contribution in [-0.4, -0.2) is 67.0 Å². The van der Waals surface area contributed by atoms with Gasteiger partial charge in [-0.2, -0.15) is 0 Å². The van der Waals surface area contributed by atoms with Crippen LogP contribution in [0, 0.1) is 5.92 Å². The number of aliphatic imine (C=N–C) groups is 1. The normalized spacial score (nSPS) is 24.6. The van der Waals surface area contributed by atoms with Gasteiger partial charge in [0.2, 0.25) is 11.9 Å². The number of rotatable bonds is 4. The molecule has 2 aliphatic rings. The number of esters is 1. The molecule has 25 heavy (non-hydrogen) atoms. The molecule has 1 fully saturated rings. The quantitative estimate of drug-likeness (QED) is 0.640. The summed E-state index contributed by atoms with van der Waals surface area (Å²) in [6.07, 6.45) is 0. The van der Waals surface area contributed by atoms with Gasteiger partial charge >= 0.3 is 5.97 Å². The maximum absolute atomic E-state index is 12.7. The molecule has 2 atom stereocenters. The number of nitrogens with one attached hydrogen (secondary N) is 1. The lowest BCUT2D eigenvalue weighted by Crippen LogP contribution is -2.57. The molecule has 2 unspecified atom stereocenters. The van der Waals surface area contributed by atoms with Crippen molar-refractivity contribution in [3.63, 3.8) is 0 Å². The number of guanidine groups is 1. The van der Waals surface area contributed by atoms with Crippen LogP contribution in [0.1, 0.15) is 24.8 Å². The van der Waals surface area contributed by atoms with E-state index in [1.165, 1.54) is 11.3 Å². The minimum absolute atomic E-state index is 0.245. The van der Waals surface area contributed by atoms with Crippen LogP contribution in [0.3, 0.4) is 0 Å². The van der Waals surface area contributed by atoms with Gasteiger partial charge in [0.1, 0.15) is 6.04 Å². The molecule has 0 aliphatic carbocycles. The average Bonchev–Trinajstić information content (AvgIpc) is 3.16. The predicted octanol–water partition coefficient (Wildman–Crippen LogP) is 1.09. The molecule has 1 N–H and O–H groups in total. The molecule has 7 nitrogen and oxygen atoms in total. The standard InChI is InChI=1S/C17H24N4O3S/c1-3-20-7-9-21(10-8-20)17-18-14(12-6-5-11-25-12)13(15(22)19-17)16(23)24-4-2/h5-6,11,13-14H,3-4,7-10H2,1-2H3,(H,18,19,22). The molecular weight excluding hydrogens is 340 g/mol. The monoisotopic (exact) mass is 364 g/mol. The number of likely N-dealkylation sites (N-methyl/N-ethyl adjacent to an activating group) is 1. The number of piperazine rings is 1. The van der Waals surface area contributed by atoms with E-state index in [1.807, 2.05) is 17.5 Å². The Labute approximate surface area is 151 Å². The summed E-state index contributed by atoms with van der Waals surface area (Å²) < 4.78 is 5.10. The largest absolute Gasteiger partial charge is 0.465 e. The van der Waals surface area contributed by atoms with Gasteiger partial charge in [-0.15, -0.1) is 11.3 Å². The van der Waals surface area contributed by atoms with Crippen molar-refractivity contribution < 1.29 is 14.3 Å². The Balaban J connectivity index is 1.85. The lowest BCUT2D eigenvalue weighted by atomic mass is 9.96. The Kier molecular flexibility index (Phi) is 5.70. The Morgan fingerprint density at radius 1 is 1.36 bits per heavy atom. The number of amides is 1. The second-order valence-corrected chi connectivity index (χ2v) is 7.03. The number of hydrogen-bond acceptors (Lipinski definition) is 7. The fourth-order valence-electron chi connectivity index (χ4n) is 3.16. The number of carbonyl (C=O) groups is 2. The molecule has 3 rings (SSSR count). The Morgan fingerprint density at radius 2 is 2.12 bits per heavy atom. The van der Waals surface area contributed by atoms with Crippen LogP contribution < -0.4 is 5.32 Å². The van der Waals surface area contributed by atoms with Crippen molar-refractivity contribution in [2.75, 3.05) is 39.3 Å². The lowest BCUT2D eigenvalue weighted by molar-refractivity contribution is -0.153. The smallest absolute Gasteiger partial charge is 0.321 e. The fourth-order valence-corrected chi connectivity index (χ4v) is 3.96. The zero-order valence-corrected chi connectivity index (χ0v) is 15.4. The molecule has 0 saturated carbocycles. The van der Waals surface area contributed by atoms with Gasteiger partial charge in [0, 0.05) is 31.1 Å². The molecule has 0 spiro atoms. The van der Waals surface area contributed by atoms with Gasteiger partial charge in [-0.3, -0.25) is 14.9 Å². The average molecular weight is 364 g/mol. The summed E-state index contributed by atoms with van der Waals surface area (Å²) in [5.41, 5.74) is 0. The molecule has 1 aromatic rings. The topological polar surface area (TPSA) is 74.2 Å². The van der Waals surface area contributed by atoms with E-state index in [9.17, 15) is 9.59 Å². The second kappa shape index (κ2) is 7.97. The Morgan fingerprint density at radius 3 is 2.72 bits per heavy atom. The lowest BCUT2D eigenvalue weighted by Gasteiger charge is -2.38. The summed E-state index contributed by atoms with van der Waals surface area (Å²) in [4.78, 5) is 35.1. The van der Waals surface area contributed by atoms with E-state index in [0.717, 1.165) is 37.6 Å². The third-order valence-electron chi connectivity index (χ3n) is 4.59. The van der Waals surface area contributed by atoms with Crippen LogP contribution >= 0.6 is 11.3 Å². The van der Waals surface area contributed by atoms with E-state index in [0.29, 0.717) is 5.96 Å². The number of thiophene rings is 1. The van der Waals surface area contributed by atoms with Gasteiger partial charge in [-0.1, -0.05) is 13.0 Å². The van der Waals surface area contributed by atoms with Gasteiger partial charge in [0.05, 0.1) is 6.61 Å². The van der Waals surface area contributed by atoms with Crippen LogP contribution in [0.4, 0.5) is 0 Å². The Hall–Kier alpha value is -1.93. The molecule has 136 valence electrons. The zero-order chi connectivity index (χ0) is 17.8. The van der Waals surface area contributed by atoms with Gasteiger partial charge in [0.15, 0.2) is 5.92 Å². The number of ether oxygens (including phenoxy) is 1. The first-order chi connectivity index (χ1) is 12.1. The first kappa shape index (κ1) is 17.9. The molecule has 8 heteroatoms. The maximum atomic E-state index is 12.7. The third-order valence-corrected chi connectivity index (χ3v) is 5.53. The third kappa shape index (κ3) is 3.85. The summed E-state index contributed by atoms with van der Waals surface area (Å²) in [5, 5.41) is 4.75. The highest BCUT2D eigenvalue weighted by Gasteiger charge is 2.42. The van der Waals surface area contributed by atoms with Crippen molar-refractivity contribution in [2.45, 2.75) is 19.9 Å². The van der Waals surface area contributed by atoms with E-state index in [4.69, 9.17) is 9.73 Å². The predicted molar refractivity (Wildman–Crippen MR) is 96.4 cm³/mol.